The van der Waals surface area contributed by atoms with E-state index in [-0.39, 0.29) is 5.78 Å². The van der Waals surface area contributed by atoms with Crippen molar-refractivity contribution in [2.45, 2.75) is 18.7 Å². The standard InChI is InChI=1S/C12H15NOS/c1-3-13-6-7-15-12-5-4-10(9(2)14)8-11(12)13/h4-5,8H,3,6-7H2,1-2H3. The molecular weight excluding hydrogens is 206 g/mol. The molecule has 2 rings (SSSR count). The van der Waals surface area contributed by atoms with E-state index in [0.717, 1.165) is 24.4 Å². The molecule has 0 aliphatic carbocycles. The molecule has 0 atom stereocenters. The minimum Gasteiger partial charge on any atom is -0.370 e. The summed E-state index contributed by atoms with van der Waals surface area (Å²) in [6.07, 6.45) is 0. The molecule has 1 heterocycles. The number of rotatable bonds is 2. The maximum atomic E-state index is 11.3. The van der Waals surface area contributed by atoms with E-state index in [9.17, 15) is 4.79 Å². The van der Waals surface area contributed by atoms with Crippen LogP contribution in [0.15, 0.2) is 23.1 Å². The molecule has 1 aliphatic heterocycles. The Balaban J connectivity index is 2.43. The first-order valence-electron chi connectivity index (χ1n) is 5.25. The molecule has 0 N–H and O–H groups in total. The van der Waals surface area contributed by atoms with Crippen LogP contribution in [0.2, 0.25) is 0 Å². The molecule has 80 valence electrons. The van der Waals surface area contributed by atoms with E-state index in [1.54, 1.807) is 6.92 Å². The summed E-state index contributed by atoms with van der Waals surface area (Å²) in [4.78, 5) is 14.9. The summed E-state index contributed by atoms with van der Waals surface area (Å²) in [7, 11) is 0. The number of Topliss-reactive ketones (excluding diaryl/α,β-unsaturated/α-hetero) is 1. The SMILES string of the molecule is CCN1CCSc2ccc(C(C)=O)cc21. The molecule has 1 aromatic rings. The first kappa shape index (κ1) is 10.6. The summed E-state index contributed by atoms with van der Waals surface area (Å²) in [5.41, 5.74) is 2.04. The second-order valence-corrected chi connectivity index (χ2v) is 4.80. The third-order valence-electron chi connectivity index (χ3n) is 2.71. The van der Waals surface area contributed by atoms with Crippen LogP contribution in [0.25, 0.3) is 0 Å². The van der Waals surface area contributed by atoms with Crippen molar-refractivity contribution < 1.29 is 4.79 Å². The van der Waals surface area contributed by atoms with Crippen molar-refractivity contribution in [2.75, 3.05) is 23.7 Å². The van der Waals surface area contributed by atoms with Gasteiger partial charge in [-0.25, -0.2) is 0 Å². The van der Waals surface area contributed by atoms with Crippen LogP contribution in [0, 0.1) is 0 Å². The van der Waals surface area contributed by atoms with Crippen LogP contribution in [-0.4, -0.2) is 24.6 Å². The number of thioether (sulfide) groups is 1. The van der Waals surface area contributed by atoms with Gasteiger partial charge in [-0.05, 0) is 26.0 Å². The molecule has 0 spiro atoms. The van der Waals surface area contributed by atoms with E-state index in [1.165, 1.54) is 10.6 Å². The number of nitrogens with zero attached hydrogens (tertiary/aromatic N) is 1. The van der Waals surface area contributed by atoms with E-state index in [4.69, 9.17) is 0 Å². The van der Waals surface area contributed by atoms with E-state index in [2.05, 4.69) is 17.9 Å². The Hall–Kier alpha value is -0.960. The number of ketones is 1. The van der Waals surface area contributed by atoms with Gasteiger partial charge in [-0.1, -0.05) is 6.07 Å². The normalized spacial score (nSPS) is 14.9. The number of anilines is 1. The van der Waals surface area contributed by atoms with Crippen LogP contribution in [-0.2, 0) is 0 Å². The van der Waals surface area contributed by atoms with Crippen molar-refractivity contribution in [1.82, 2.24) is 0 Å². The molecule has 0 saturated heterocycles. The molecule has 0 radical (unpaired) electrons. The largest absolute Gasteiger partial charge is 0.370 e. The summed E-state index contributed by atoms with van der Waals surface area (Å²) in [6, 6.07) is 6.01. The lowest BCUT2D eigenvalue weighted by molar-refractivity contribution is 0.101. The molecule has 1 aromatic carbocycles. The minimum atomic E-state index is 0.143. The van der Waals surface area contributed by atoms with Crippen molar-refractivity contribution in [2.24, 2.45) is 0 Å². The van der Waals surface area contributed by atoms with Gasteiger partial charge in [0.2, 0.25) is 0 Å². The molecule has 15 heavy (non-hydrogen) atoms. The molecule has 0 saturated carbocycles. The van der Waals surface area contributed by atoms with E-state index >= 15 is 0 Å². The van der Waals surface area contributed by atoms with Crippen LogP contribution in [0.4, 0.5) is 5.69 Å². The molecule has 1 aliphatic rings. The van der Waals surface area contributed by atoms with E-state index in [0.29, 0.717) is 0 Å². The Morgan fingerprint density at radius 2 is 2.33 bits per heavy atom. The fraction of sp³-hybridized carbons (Fsp3) is 0.417. The predicted octanol–water partition coefficient (Wildman–Crippen LogP) is 2.82. The van der Waals surface area contributed by atoms with E-state index in [1.807, 2.05) is 23.9 Å². The van der Waals surface area contributed by atoms with Crippen LogP contribution in [0.1, 0.15) is 24.2 Å². The highest BCUT2D eigenvalue weighted by molar-refractivity contribution is 7.99. The second kappa shape index (κ2) is 4.27. The molecule has 0 unspecified atom stereocenters. The number of hydrogen-bond donors (Lipinski definition) is 0. The minimum absolute atomic E-state index is 0.143. The summed E-state index contributed by atoms with van der Waals surface area (Å²) >= 11 is 1.88. The maximum Gasteiger partial charge on any atom is 0.159 e. The highest BCUT2D eigenvalue weighted by Crippen LogP contribution is 2.35. The van der Waals surface area contributed by atoms with Crippen LogP contribution < -0.4 is 4.90 Å². The summed E-state index contributed by atoms with van der Waals surface area (Å²) in [6.45, 7) is 5.86. The Kier molecular flexibility index (Phi) is 3.00. The van der Waals surface area contributed by atoms with Crippen molar-refractivity contribution in [3.05, 3.63) is 23.8 Å². The van der Waals surface area contributed by atoms with Gasteiger partial charge in [0.1, 0.15) is 0 Å². The Labute approximate surface area is 94.7 Å². The Morgan fingerprint density at radius 1 is 1.53 bits per heavy atom. The van der Waals surface area contributed by atoms with Crippen LogP contribution in [0.5, 0.6) is 0 Å². The average molecular weight is 221 g/mol. The zero-order valence-corrected chi connectivity index (χ0v) is 9.93. The first-order valence-corrected chi connectivity index (χ1v) is 6.23. The lowest BCUT2D eigenvalue weighted by atomic mass is 10.1. The molecule has 2 nitrogen and oxygen atoms in total. The first-order chi connectivity index (χ1) is 7.22. The van der Waals surface area contributed by atoms with Crippen LogP contribution >= 0.6 is 11.8 Å². The number of fused-ring (bicyclic) bond motifs is 1. The molecule has 3 heteroatoms. The Morgan fingerprint density at radius 3 is 3.00 bits per heavy atom. The monoisotopic (exact) mass is 221 g/mol. The van der Waals surface area contributed by atoms with Gasteiger partial charge >= 0.3 is 0 Å². The summed E-state index contributed by atoms with van der Waals surface area (Å²) in [5.74, 6) is 1.28. The third kappa shape index (κ3) is 2.02. The number of benzene rings is 1. The van der Waals surface area contributed by atoms with Gasteiger partial charge in [0.05, 0.1) is 5.69 Å². The fourth-order valence-corrected chi connectivity index (χ4v) is 2.85. The average Bonchev–Trinajstić information content (AvgIpc) is 2.27. The van der Waals surface area contributed by atoms with Gasteiger partial charge < -0.3 is 4.90 Å². The van der Waals surface area contributed by atoms with Gasteiger partial charge in [0.15, 0.2) is 5.78 Å². The second-order valence-electron chi connectivity index (χ2n) is 3.67. The predicted molar refractivity (Wildman–Crippen MR) is 65.1 cm³/mol. The third-order valence-corrected chi connectivity index (χ3v) is 3.75. The number of carbonyl (C=O) groups excluding carboxylic acids is 1. The molecule has 0 bridgehead atoms. The van der Waals surface area contributed by atoms with Gasteiger partial charge in [0, 0.05) is 29.3 Å². The van der Waals surface area contributed by atoms with Crippen molar-refractivity contribution in [3.63, 3.8) is 0 Å². The topological polar surface area (TPSA) is 20.3 Å². The van der Waals surface area contributed by atoms with Crippen molar-refractivity contribution in [3.8, 4) is 0 Å². The Bertz CT molecular complexity index is 389. The molecule has 0 aromatic heterocycles. The van der Waals surface area contributed by atoms with E-state index < -0.39 is 0 Å². The van der Waals surface area contributed by atoms with Gasteiger partial charge in [0.25, 0.3) is 0 Å². The van der Waals surface area contributed by atoms with Crippen molar-refractivity contribution in [1.29, 1.82) is 0 Å². The molecule has 0 amide bonds. The molecule has 0 fully saturated rings. The smallest absolute Gasteiger partial charge is 0.159 e. The maximum absolute atomic E-state index is 11.3. The number of carbonyl (C=O) groups is 1. The van der Waals surface area contributed by atoms with Crippen molar-refractivity contribution >= 4 is 23.2 Å². The van der Waals surface area contributed by atoms with Gasteiger partial charge in [-0.2, -0.15) is 0 Å². The lowest BCUT2D eigenvalue weighted by Crippen LogP contribution is -2.28. The summed E-state index contributed by atoms with van der Waals surface area (Å²) < 4.78 is 0. The quantitative estimate of drug-likeness (QED) is 0.716. The zero-order valence-electron chi connectivity index (χ0n) is 9.12. The lowest BCUT2D eigenvalue weighted by Gasteiger charge is -2.30. The van der Waals surface area contributed by atoms with Crippen LogP contribution in [0.3, 0.4) is 0 Å². The highest BCUT2D eigenvalue weighted by Gasteiger charge is 2.16. The molecular formula is C12H15NOS. The number of hydrogen-bond acceptors (Lipinski definition) is 3. The zero-order chi connectivity index (χ0) is 10.8. The highest BCUT2D eigenvalue weighted by atomic mass is 32.2. The summed E-state index contributed by atoms with van der Waals surface area (Å²) in [5, 5.41) is 0. The van der Waals surface area contributed by atoms with Gasteiger partial charge in [-0.15, -0.1) is 11.8 Å². The fourth-order valence-electron chi connectivity index (χ4n) is 1.82. The van der Waals surface area contributed by atoms with Gasteiger partial charge in [-0.3, -0.25) is 4.79 Å².